The first-order valence-electron chi connectivity index (χ1n) is 5.37. The summed E-state index contributed by atoms with van der Waals surface area (Å²) in [6, 6.07) is 1.96. The molecule has 1 aromatic heterocycles. The first kappa shape index (κ1) is 13.6. The van der Waals surface area contributed by atoms with Gasteiger partial charge in [-0.1, -0.05) is 0 Å². The van der Waals surface area contributed by atoms with E-state index in [-0.39, 0.29) is 0 Å². The Balaban J connectivity index is 2.67. The van der Waals surface area contributed by atoms with Crippen molar-refractivity contribution in [3.63, 3.8) is 0 Å². The molecule has 1 N–H and O–H groups in total. The van der Waals surface area contributed by atoms with Gasteiger partial charge in [0.1, 0.15) is 0 Å². The average Bonchev–Trinajstić information content (AvgIpc) is 2.17. The molecule has 0 amide bonds. The van der Waals surface area contributed by atoms with E-state index in [4.69, 9.17) is 4.74 Å². The lowest BCUT2D eigenvalue weighted by molar-refractivity contribution is -0.0955. The summed E-state index contributed by atoms with van der Waals surface area (Å²) in [6.07, 6.45) is 3.49. The summed E-state index contributed by atoms with van der Waals surface area (Å²) < 4.78 is 6.43. The molecule has 1 heterocycles. The van der Waals surface area contributed by atoms with Crippen molar-refractivity contribution in [2.75, 3.05) is 6.61 Å². The van der Waals surface area contributed by atoms with E-state index in [1.54, 1.807) is 12.4 Å². The van der Waals surface area contributed by atoms with E-state index in [0.29, 0.717) is 13.0 Å². The standard InChI is InChI=1S/C12H18BrNO2/c1-4-16-12(2,3)11(15)6-9-5-10(13)8-14-7-9/h5,7-8,11,15H,4,6H2,1-3H3. The predicted molar refractivity (Wildman–Crippen MR) is 67.4 cm³/mol. The van der Waals surface area contributed by atoms with Gasteiger partial charge < -0.3 is 9.84 Å². The van der Waals surface area contributed by atoms with Crippen LogP contribution in [0, 0.1) is 0 Å². The van der Waals surface area contributed by atoms with Crippen molar-refractivity contribution in [2.45, 2.75) is 38.9 Å². The fourth-order valence-corrected chi connectivity index (χ4v) is 1.92. The summed E-state index contributed by atoms with van der Waals surface area (Å²) in [5, 5.41) is 10.1. The van der Waals surface area contributed by atoms with Crippen molar-refractivity contribution in [3.8, 4) is 0 Å². The van der Waals surface area contributed by atoms with Crippen LogP contribution in [0.5, 0.6) is 0 Å². The maximum atomic E-state index is 10.1. The van der Waals surface area contributed by atoms with Gasteiger partial charge in [0.15, 0.2) is 0 Å². The molecule has 0 aliphatic rings. The normalized spacial score (nSPS) is 13.8. The molecule has 0 saturated carbocycles. The predicted octanol–water partition coefficient (Wildman–Crippen LogP) is 2.56. The van der Waals surface area contributed by atoms with Crippen LogP contribution in [-0.2, 0) is 11.2 Å². The molecule has 90 valence electrons. The van der Waals surface area contributed by atoms with Crippen LogP contribution < -0.4 is 0 Å². The number of aromatic nitrogens is 1. The summed E-state index contributed by atoms with van der Waals surface area (Å²) in [6.45, 7) is 6.31. The highest BCUT2D eigenvalue weighted by atomic mass is 79.9. The lowest BCUT2D eigenvalue weighted by atomic mass is 9.95. The van der Waals surface area contributed by atoms with Crippen LogP contribution in [0.1, 0.15) is 26.3 Å². The van der Waals surface area contributed by atoms with Crippen LogP contribution in [0.2, 0.25) is 0 Å². The fourth-order valence-electron chi connectivity index (χ4n) is 1.50. The third-order valence-electron chi connectivity index (χ3n) is 2.51. The van der Waals surface area contributed by atoms with Crippen molar-refractivity contribution in [1.82, 2.24) is 4.98 Å². The summed E-state index contributed by atoms with van der Waals surface area (Å²) >= 11 is 3.36. The maximum Gasteiger partial charge on any atom is 0.0887 e. The van der Waals surface area contributed by atoms with Gasteiger partial charge >= 0.3 is 0 Å². The second kappa shape index (κ2) is 5.75. The summed E-state index contributed by atoms with van der Waals surface area (Å²) in [5.74, 6) is 0. The minimum atomic E-state index is -0.538. The van der Waals surface area contributed by atoms with Crippen molar-refractivity contribution >= 4 is 15.9 Å². The Bertz CT molecular complexity index is 342. The molecular weight excluding hydrogens is 270 g/mol. The van der Waals surface area contributed by atoms with Crippen LogP contribution in [0.4, 0.5) is 0 Å². The molecular formula is C12H18BrNO2. The van der Waals surface area contributed by atoms with E-state index in [1.165, 1.54) is 0 Å². The lowest BCUT2D eigenvalue weighted by Crippen LogP contribution is -2.40. The molecule has 1 rings (SSSR count). The van der Waals surface area contributed by atoms with Gasteiger partial charge in [-0.15, -0.1) is 0 Å². The Hall–Kier alpha value is -0.450. The van der Waals surface area contributed by atoms with Gasteiger partial charge in [0.2, 0.25) is 0 Å². The van der Waals surface area contributed by atoms with Crippen LogP contribution in [0.15, 0.2) is 22.9 Å². The Kier molecular flexibility index (Phi) is 4.89. The lowest BCUT2D eigenvalue weighted by Gasteiger charge is -2.30. The van der Waals surface area contributed by atoms with E-state index < -0.39 is 11.7 Å². The molecule has 1 aromatic rings. The molecule has 0 fully saturated rings. The van der Waals surface area contributed by atoms with Crippen molar-refractivity contribution in [1.29, 1.82) is 0 Å². The van der Waals surface area contributed by atoms with Crippen LogP contribution in [-0.4, -0.2) is 28.4 Å². The Labute approximate surface area is 105 Å². The van der Waals surface area contributed by atoms with E-state index in [1.807, 2.05) is 26.8 Å². The van der Waals surface area contributed by atoms with E-state index >= 15 is 0 Å². The number of aliphatic hydroxyl groups is 1. The molecule has 0 aromatic carbocycles. The zero-order valence-electron chi connectivity index (χ0n) is 9.90. The van der Waals surface area contributed by atoms with E-state index in [2.05, 4.69) is 20.9 Å². The molecule has 1 atom stereocenters. The summed E-state index contributed by atoms with van der Waals surface area (Å²) in [7, 11) is 0. The van der Waals surface area contributed by atoms with Crippen LogP contribution in [0.3, 0.4) is 0 Å². The second-order valence-corrected chi connectivity index (χ2v) is 5.18. The Morgan fingerprint density at radius 2 is 2.19 bits per heavy atom. The molecule has 0 bridgehead atoms. The zero-order valence-corrected chi connectivity index (χ0v) is 11.5. The highest BCUT2D eigenvalue weighted by Gasteiger charge is 2.28. The monoisotopic (exact) mass is 287 g/mol. The minimum Gasteiger partial charge on any atom is -0.390 e. The van der Waals surface area contributed by atoms with Gasteiger partial charge in [0.25, 0.3) is 0 Å². The third-order valence-corrected chi connectivity index (χ3v) is 2.94. The number of hydrogen-bond acceptors (Lipinski definition) is 3. The number of pyridine rings is 1. The molecule has 0 radical (unpaired) electrons. The number of halogens is 1. The number of aliphatic hydroxyl groups excluding tert-OH is 1. The summed E-state index contributed by atoms with van der Waals surface area (Å²) in [4.78, 5) is 4.07. The van der Waals surface area contributed by atoms with Gasteiger partial charge in [-0.05, 0) is 48.3 Å². The van der Waals surface area contributed by atoms with E-state index in [0.717, 1.165) is 10.0 Å². The van der Waals surface area contributed by atoms with Crippen molar-refractivity contribution in [2.24, 2.45) is 0 Å². The van der Waals surface area contributed by atoms with E-state index in [9.17, 15) is 5.11 Å². The molecule has 0 aliphatic heterocycles. The number of hydrogen-bond donors (Lipinski definition) is 1. The van der Waals surface area contributed by atoms with Crippen LogP contribution in [0.25, 0.3) is 0 Å². The maximum absolute atomic E-state index is 10.1. The number of ether oxygens (including phenoxy) is 1. The third kappa shape index (κ3) is 3.85. The highest BCUT2D eigenvalue weighted by Crippen LogP contribution is 2.19. The molecule has 3 nitrogen and oxygen atoms in total. The Morgan fingerprint density at radius 1 is 1.50 bits per heavy atom. The topological polar surface area (TPSA) is 42.4 Å². The first-order chi connectivity index (χ1) is 7.45. The average molecular weight is 288 g/mol. The SMILES string of the molecule is CCOC(C)(C)C(O)Cc1cncc(Br)c1. The van der Waals surface area contributed by atoms with Gasteiger partial charge in [0.05, 0.1) is 11.7 Å². The second-order valence-electron chi connectivity index (χ2n) is 4.27. The molecule has 4 heteroatoms. The minimum absolute atomic E-state index is 0.531. The quantitative estimate of drug-likeness (QED) is 0.905. The van der Waals surface area contributed by atoms with Crippen molar-refractivity contribution in [3.05, 3.63) is 28.5 Å². The molecule has 1 unspecified atom stereocenters. The largest absolute Gasteiger partial charge is 0.390 e. The molecule has 0 saturated heterocycles. The number of rotatable bonds is 5. The highest BCUT2D eigenvalue weighted by molar-refractivity contribution is 9.10. The summed E-state index contributed by atoms with van der Waals surface area (Å²) in [5.41, 5.74) is 0.464. The smallest absolute Gasteiger partial charge is 0.0887 e. The zero-order chi connectivity index (χ0) is 12.2. The van der Waals surface area contributed by atoms with Crippen LogP contribution >= 0.6 is 15.9 Å². The van der Waals surface area contributed by atoms with Crippen molar-refractivity contribution < 1.29 is 9.84 Å². The van der Waals surface area contributed by atoms with Gasteiger partial charge in [-0.3, -0.25) is 4.98 Å². The molecule has 0 aliphatic carbocycles. The Morgan fingerprint density at radius 3 is 2.75 bits per heavy atom. The fraction of sp³-hybridized carbons (Fsp3) is 0.583. The molecule has 16 heavy (non-hydrogen) atoms. The molecule has 0 spiro atoms. The van der Waals surface area contributed by atoms with Gasteiger partial charge in [-0.25, -0.2) is 0 Å². The number of nitrogens with zero attached hydrogens (tertiary/aromatic N) is 1. The first-order valence-corrected chi connectivity index (χ1v) is 6.16. The van der Waals surface area contributed by atoms with Gasteiger partial charge in [0, 0.05) is 29.9 Å². The van der Waals surface area contributed by atoms with Gasteiger partial charge in [-0.2, -0.15) is 0 Å².